The third kappa shape index (κ3) is 4.44. The average molecular weight is 427 g/mol. The molecule has 0 saturated carbocycles. The summed E-state index contributed by atoms with van der Waals surface area (Å²) >= 11 is 1.10. The Morgan fingerprint density at radius 2 is 1.87 bits per heavy atom. The highest BCUT2D eigenvalue weighted by Gasteiger charge is 2.33. The Kier molecular flexibility index (Phi) is 6.68. The zero-order valence-electron chi connectivity index (χ0n) is 16.7. The second kappa shape index (κ2) is 9.41. The molecular weight excluding hydrogens is 406 g/mol. The van der Waals surface area contributed by atoms with Crippen molar-refractivity contribution in [2.45, 2.75) is 6.92 Å². The van der Waals surface area contributed by atoms with Crippen molar-refractivity contribution in [2.75, 3.05) is 20.8 Å². The predicted octanol–water partition coefficient (Wildman–Crippen LogP) is 4.60. The standard InChI is InChI=1S/C22H21NO6S/c1-4-29-15-10-8-14(9-11-15)23-21-18(22(26)28-3)20(25)17(30-21)12-13-6-5-7-16(27-2)19(13)24/h5-12,24-25H,4H2,1-3H3/b17-12+,23-21?. The van der Waals surface area contributed by atoms with Gasteiger partial charge in [-0.2, -0.15) is 0 Å². The second-order valence-electron chi connectivity index (χ2n) is 6.07. The Morgan fingerprint density at radius 1 is 1.13 bits per heavy atom. The van der Waals surface area contributed by atoms with Gasteiger partial charge >= 0.3 is 5.97 Å². The number of ether oxygens (including phenoxy) is 3. The van der Waals surface area contributed by atoms with E-state index in [0.717, 1.165) is 11.8 Å². The van der Waals surface area contributed by atoms with Crippen molar-refractivity contribution in [3.63, 3.8) is 0 Å². The lowest BCUT2D eigenvalue weighted by molar-refractivity contribution is -0.135. The minimum atomic E-state index is -0.706. The van der Waals surface area contributed by atoms with Gasteiger partial charge in [-0.05, 0) is 43.3 Å². The number of aliphatic hydroxyl groups excluding tert-OH is 1. The van der Waals surface area contributed by atoms with E-state index in [1.165, 1.54) is 14.2 Å². The van der Waals surface area contributed by atoms with Crippen molar-refractivity contribution in [3.05, 3.63) is 64.3 Å². The van der Waals surface area contributed by atoms with Crippen LogP contribution in [0.2, 0.25) is 0 Å². The first kappa shape index (κ1) is 21.3. The van der Waals surface area contributed by atoms with Crippen LogP contribution in [-0.2, 0) is 9.53 Å². The number of nitrogens with zero attached hydrogens (tertiary/aromatic N) is 1. The van der Waals surface area contributed by atoms with Gasteiger partial charge in [0.05, 0.1) is 31.4 Å². The summed E-state index contributed by atoms with van der Waals surface area (Å²) in [6.45, 7) is 2.45. The molecule has 0 atom stereocenters. The molecule has 0 spiro atoms. The number of aliphatic hydroxyl groups is 1. The summed E-state index contributed by atoms with van der Waals surface area (Å²) in [6.07, 6.45) is 1.56. The minimum Gasteiger partial charge on any atom is -0.506 e. The van der Waals surface area contributed by atoms with Crippen molar-refractivity contribution in [3.8, 4) is 17.2 Å². The lowest BCUT2D eigenvalue weighted by atomic mass is 10.1. The summed E-state index contributed by atoms with van der Waals surface area (Å²) < 4.78 is 15.3. The number of benzene rings is 2. The Bertz CT molecular complexity index is 1040. The number of hydrogen-bond acceptors (Lipinski definition) is 8. The number of phenols is 1. The Hall–Kier alpha value is -3.39. The normalized spacial score (nSPS) is 16.2. The fourth-order valence-electron chi connectivity index (χ4n) is 2.75. The molecule has 1 aliphatic rings. The molecule has 0 fully saturated rings. The van der Waals surface area contributed by atoms with Gasteiger partial charge in [-0.1, -0.05) is 23.9 Å². The van der Waals surface area contributed by atoms with E-state index in [2.05, 4.69) is 4.99 Å². The summed E-state index contributed by atoms with van der Waals surface area (Å²) in [5, 5.41) is 21.3. The zero-order chi connectivity index (χ0) is 21.7. The minimum absolute atomic E-state index is 0.0370. The van der Waals surface area contributed by atoms with Crippen molar-refractivity contribution < 1.29 is 29.2 Å². The highest BCUT2D eigenvalue weighted by Crippen LogP contribution is 2.42. The van der Waals surface area contributed by atoms with Gasteiger partial charge in [0.25, 0.3) is 0 Å². The van der Waals surface area contributed by atoms with E-state index in [4.69, 9.17) is 14.2 Å². The SMILES string of the molecule is CCOc1ccc(N=C2S/C(=C/c3cccc(OC)c3O)C(O)=C2C(=O)OC)cc1. The number of phenolic OH excluding ortho intramolecular Hbond substituents is 1. The fourth-order valence-corrected chi connectivity index (χ4v) is 3.78. The summed E-state index contributed by atoms with van der Waals surface area (Å²) in [4.78, 5) is 17.1. The molecule has 0 amide bonds. The van der Waals surface area contributed by atoms with Crippen LogP contribution in [0.3, 0.4) is 0 Å². The molecule has 0 saturated heterocycles. The maximum Gasteiger partial charge on any atom is 0.344 e. The number of hydrogen-bond donors (Lipinski definition) is 2. The van der Waals surface area contributed by atoms with Gasteiger partial charge in [0, 0.05) is 5.56 Å². The van der Waals surface area contributed by atoms with Crippen LogP contribution in [0, 0.1) is 0 Å². The Labute approximate surface area is 178 Å². The van der Waals surface area contributed by atoms with E-state index < -0.39 is 5.97 Å². The lowest BCUT2D eigenvalue weighted by Gasteiger charge is -2.06. The molecule has 3 rings (SSSR count). The van der Waals surface area contributed by atoms with E-state index in [1.54, 1.807) is 48.5 Å². The maximum absolute atomic E-state index is 12.3. The molecule has 8 heteroatoms. The highest BCUT2D eigenvalue weighted by molar-refractivity contribution is 8.18. The molecule has 2 aromatic carbocycles. The first-order valence-electron chi connectivity index (χ1n) is 9.07. The maximum atomic E-state index is 12.3. The van der Waals surface area contributed by atoms with Crippen molar-refractivity contribution >= 4 is 34.5 Å². The third-order valence-corrected chi connectivity index (χ3v) is 5.22. The van der Waals surface area contributed by atoms with E-state index >= 15 is 0 Å². The first-order valence-corrected chi connectivity index (χ1v) is 9.89. The predicted molar refractivity (Wildman–Crippen MR) is 117 cm³/mol. The Morgan fingerprint density at radius 3 is 2.50 bits per heavy atom. The molecule has 1 heterocycles. The topological polar surface area (TPSA) is 97.6 Å². The lowest BCUT2D eigenvalue weighted by Crippen LogP contribution is -2.10. The molecule has 30 heavy (non-hydrogen) atoms. The van der Waals surface area contributed by atoms with Crippen molar-refractivity contribution in [1.82, 2.24) is 0 Å². The quantitative estimate of drug-likeness (QED) is 0.650. The van der Waals surface area contributed by atoms with E-state index in [1.807, 2.05) is 6.92 Å². The van der Waals surface area contributed by atoms with Gasteiger partial charge in [-0.25, -0.2) is 9.79 Å². The molecule has 0 aromatic heterocycles. The van der Waals surface area contributed by atoms with Gasteiger partial charge in [-0.15, -0.1) is 0 Å². The van der Waals surface area contributed by atoms with Gasteiger partial charge < -0.3 is 24.4 Å². The molecular formula is C22H21NO6S. The summed E-state index contributed by atoms with van der Waals surface area (Å²) in [5.41, 5.74) is 0.973. The molecule has 2 aromatic rings. The average Bonchev–Trinajstić information content (AvgIpc) is 3.05. The van der Waals surface area contributed by atoms with Crippen molar-refractivity contribution in [2.24, 2.45) is 4.99 Å². The third-order valence-electron chi connectivity index (χ3n) is 4.20. The van der Waals surface area contributed by atoms with Crippen LogP contribution in [0.4, 0.5) is 5.69 Å². The number of aromatic hydroxyl groups is 1. The van der Waals surface area contributed by atoms with Crippen molar-refractivity contribution in [1.29, 1.82) is 0 Å². The molecule has 7 nitrogen and oxygen atoms in total. The molecule has 0 aliphatic carbocycles. The first-order chi connectivity index (χ1) is 14.5. The van der Waals surface area contributed by atoms with E-state index in [9.17, 15) is 15.0 Å². The number of methoxy groups -OCH3 is 2. The van der Waals surface area contributed by atoms with Crippen LogP contribution in [-0.4, -0.2) is 42.1 Å². The summed E-state index contributed by atoms with van der Waals surface area (Å²) in [5.74, 6) is -0.0346. The monoisotopic (exact) mass is 427 g/mol. The number of para-hydroxylation sites is 1. The van der Waals surface area contributed by atoms with Crippen LogP contribution in [0.1, 0.15) is 12.5 Å². The van der Waals surface area contributed by atoms with Gasteiger partial charge in [0.15, 0.2) is 11.5 Å². The van der Waals surface area contributed by atoms with Crippen LogP contribution in [0.25, 0.3) is 6.08 Å². The Balaban J connectivity index is 2.01. The fraction of sp³-hybridized carbons (Fsp3) is 0.182. The number of carbonyl (C=O) groups is 1. The molecule has 0 radical (unpaired) electrons. The molecule has 1 aliphatic heterocycles. The molecule has 0 bridgehead atoms. The van der Waals surface area contributed by atoms with E-state index in [0.29, 0.717) is 34.3 Å². The van der Waals surface area contributed by atoms with Crippen LogP contribution < -0.4 is 9.47 Å². The second-order valence-corrected chi connectivity index (χ2v) is 7.10. The van der Waals surface area contributed by atoms with Gasteiger partial charge in [-0.3, -0.25) is 0 Å². The summed E-state index contributed by atoms with van der Waals surface area (Å²) in [7, 11) is 2.68. The number of thioether (sulfide) groups is 1. The van der Waals surface area contributed by atoms with Crippen LogP contribution >= 0.6 is 11.8 Å². The summed E-state index contributed by atoms with van der Waals surface area (Å²) in [6, 6.07) is 12.0. The van der Waals surface area contributed by atoms with Gasteiger partial charge in [0.1, 0.15) is 22.1 Å². The number of esters is 1. The smallest absolute Gasteiger partial charge is 0.344 e. The highest BCUT2D eigenvalue weighted by atomic mass is 32.2. The largest absolute Gasteiger partial charge is 0.506 e. The number of aliphatic imine (C=N–C) groups is 1. The number of rotatable bonds is 6. The number of carbonyl (C=O) groups excluding carboxylic acids is 1. The molecule has 2 N–H and O–H groups in total. The van der Waals surface area contributed by atoms with E-state index in [-0.39, 0.29) is 22.1 Å². The zero-order valence-corrected chi connectivity index (χ0v) is 17.5. The van der Waals surface area contributed by atoms with Crippen LogP contribution in [0.5, 0.6) is 17.2 Å². The van der Waals surface area contributed by atoms with Crippen LogP contribution in [0.15, 0.2) is 63.7 Å². The molecule has 156 valence electrons. The molecule has 0 unspecified atom stereocenters. The van der Waals surface area contributed by atoms with Gasteiger partial charge in [0.2, 0.25) is 0 Å².